The van der Waals surface area contributed by atoms with Gasteiger partial charge in [-0.3, -0.25) is 4.79 Å². The van der Waals surface area contributed by atoms with Crippen LogP contribution in [-0.4, -0.2) is 36.1 Å². The average molecular weight is 299 g/mol. The van der Waals surface area contributed by atoms with Crippen LogP contribution in [0.25, 0.3) is 0 Å². The minimum atomic E-state index is -1.17. The van der Waals surface area contributed by atoms with Gasteiger partial charge in [-0.15, -0.1) is 0 Å². The summed E-state index contributed by atoms with van der Waals surface area (Å²) in [5.74, 6) is -1.86. The number of hydrogen-bond donors (Lipinski definition) is 2. The first-order valence-corrected chi connectivity index (χ1v) is 6.70. The van der Waals surface area contributed by atoms with Gasteiger partial charge < -0.3 is 15.1 Å². The number of aryl methyl sites for hydroxylation is 1. The topological polar surface area (TPSA) is 77.8 Å². The van der Waals surface area contributed by atoms with Crippen LogP contribution in [-0.2, 0) is 0 Å². The lowest BCUT2D eigenvalue weighted by Gasteiger charge is -2.14. The van der Waals surface area contributed by atoms with Crippen LogP contribution < -0.4 is 4.90 Å². The number of carbonyl (C=O) groups is 2. The van der Waals surface area contributed by atoms with E-state index < -0.39 is 11.8 Å². The van der Waals surface area contributed by atoms with Crippen molar-refractivity contribution < 1.29 is 19.8 Å². The first-order valence-electron chi connectivity index (χ1n) is 6.70. The van der Waals surface area contributed by atoms with Gasteiger partial charge in [0.05, 0.1) is 11.1 Å². The first-order chi connectivity index (χ1) is 10.3. The molecule has 5 heteroatoms. The molecule has 0 saturated carbocycles. The molecule has 22 heavy (non-hydrogen) atoms. The molecule has 2 rings (SSSR count). The summed E-state index contributed by atoms with van der Waals surface area (Å²) in [6.07, 6.45) is 0. The van der Waals surface area contributed by atoms with Gasteiger partial charge in [-0.25, -0.2) is 4.79 Å². The summed E-state index contributed by atoms with van der Waals surface area (Å²) in [4.78, 5) is 25.7. The zero-order valence-electron chi connectivity index (χ0n) is 12.6. The number of hydrogen-bond acceptors (Lipinski definition) is 4. The van der Waals surface area contributed by atoms with Crippen LogP contribution in [0.5, 0.6) is 5.75 Å². The number of anilines is 1. The molecule has 2 N–H and O–H groups in total. The van der Waals surface area contributed by atoms with E-state index in [9.17, 15) is 19.8 Å². The molecule has 0 aliphatic carbocycles. The van der Waals surface area contributed by atoms with Crippen LogP contribution in [0.4, 0.5) is 5.69 Å². The molecule has 5 nitrogen and oxygen atoms in total. The Balaban J connectivity index is 2.53. The van der Waals surface area contributed by atoms with E-state index in [-0.39, 0.29) is 22.4 Å². The highest BCUT2D eigenvalue weighted by Crippen LogP contribution is 2.27. The lowest BCUT2D eigenvalue weighted by atomic mass is 9.96. The summed E-state index contributed by atoms with van der Waals surface area (Å²) in [7, 11) is 3.64. The summed E-state index contributed by atoms with van der Waals surface area (Å²) in [5, 5.41) is 19.3. The van der Waals surface area contributed by atoms with E-state index in [0.29, 0.717) is 0 Å². The van der Waals surface area contributed by atoms with E-state index in [2.05, 4.69) is 0 Å². The summed E-state index contributed by atoms with van der Waals surface area (Å²) in [6, 6.07) is 9.23. The van der Waals surface area contributed by atoms with Crippen LogP contribution in [0, 0.1) is 6.92 Å². The number of phenolic OH excluding ortho intramolecular Hbond substituents is 1. The maximum atomic E-state index is 12.6. The van der Waals surface area contributed by atoms with Crippen LogP contribution in [0.3, 0.4) is 0 Å². The Bertz CT molecular complexity index is 750. The SMILES string of the molecule is Cc1ccc(C(=O)O)c(C(=O)c2ccc(N(C)C)cc2O)c1. The maximum absolute atomic E-state index is 12.6. The minimum Gasteiger partial charge on any atom is -0.507 e. The molecule has 0 unspecified atom stereocenters. The molecule has 0 radical (unpaired) electrons. The molecule has 0 aliphatic heterocycles. The Hall–Kier alpha value is -2.82. The molecule has 0 atom stereocenters. The quantitative estimate of drug-likeness (QED) is 0.849. The van der Waals surface area contributed by atoms with E-state index in [1.807, 2.05) is 14.1 Å². The van der Waals surface area contributed by atoms with Crippen molar-refractivity contribution in [3.05, 3.63) is 58.7 Å². The Morgan fingerprint density at radius 3 is 2.14 bits per heavy atom. The van der Waals surface area contributed by atoms with Gasteiger partial charge in [-0.2, -0.15) is 0 Å². The predicted molar refractivity (Wildman–Crippen MR) is 84.0 cm³/mol. The molecule has 0 amide bonds. The number of nitrogens with zero attached hydrogens (tertiary/aromatic N) is 1. The van der Waals surface area contributed by atoms with E-state index >= 15 is 0 Å². The van der Waals surface area contributed by atoms with Gasteiger partial charge in [0.25, 0.3) is 0 Å². The highest BCUT2D eigenvalue weighted by Gasteiger charge is 2.20. The lowest BCUT2D eigenvalue weighted by molar-refractivity contribution is 0.0692. The van der Waals surface area contributed by atoms with E-state index in [1.54, 1.807) is 24.0 Å². The number of rotatable bonds is 4. The lowest BCUT2D eigenvalue weighted by Crippen LogP contribution is -2.12. The molecule has 0 spiro atoms. The van der Waals surface area contributed by atoms with Gasteiger partial charge in [0.1, 0.15) is 5.75 Å². The molecule has 0 heterocycles. The van der Waals surface area contributed by atoms with Crippen LogP contribution >= 0.6 is 0 Å². The highest BCUT2D eigenvalue weighted by molar-refractivity contribution is 6.15. The molecule has 2 aromatic carbocycles. The third kappa shape index (κ3) is 2.93. The summed E-state index contributed by atoms with van der Waals surface area (Å²) in [6.45, 7) is 1.78. The molecular formula is C17H17NO4. The van der Waals surface area contributed by atoms with Crippen LogP contribution in [0.1, 0.15) is 31.8 Å². The number of carboxylic acid groups (broad SMARTS) is 1. The second-order valence-electron chi connectivity index (χ2n) is 5.28. The molecule has 0 saturated heterocycles. The molecule has 0 bridgehead atoms. The largest absolute Gasteiger partial charge is 0.507 e. The van der Waals surface area contributed by atoms with Crippen molar-refractivity contribution in [3.8, 4) is 5.75 Å². The van der Waals surface area contributed by atoms with Crippen molar-refractivity contribution in [2.45, 2.75) is 6.92 Å². The van der Waals surface area contributed by atoms with E-state index in [0.717, 1.165) is 11.3 Å². The number of aromatic hydroxyl groups is 1. The van der Waals surface area contributed by atoms with Crippen molar-refractivity contribution in [2.75, 3.05) is 19.0 Å². The Morgan fingerprint density at radius 1 is 0.955 bits per heavy atom. The maximum Gasteiger partial charge on any atom is 0.336 e. The Kier molecular flexibility index (Phi) is 4.17. The Morgan fingerprint density at radius 2 is 1.59 bits per heavy atom. The van der Waals surface area contributed by atoms with Gasteiger partial charge in [0.2, 0.25) is 0 Å². The number of carbonyl (C=O) groups excluding carboxylic acids is 1. The van der Waals surface area contributed by atoms with Gasteiger partial charge in [-0.05, 0) is 31.2 Å². The summed E-state index contributed by atoms with van der Waals surface area (Å²) < 4.78 is 0. The van der Waals surface area contributed by atoms with E-state index in [1.165, 1.54) is 24.3 Å². The minimum absolute atomic E-state index is 0.0698. The molecule has 0 fully saturated rings. The van der Waals surface area contributed by atoms with Crippen molar-refractivity contribution in [1.82, 2.24) is 0 Å². The van der Waals surface area contributed by atoms with Crippen molar-refractivity contribution in [2.24, 2.45) is 0 Å². The van der Waals surface area contributed by atoms with Crippen molar-refractivity contribution in [1.29, 1.82) is 0 Å². The summed E-state index contributed by atoms with van der Waals surface area (Å²) in [5.41, 5.74) is 1.60. The first kappa shape index (κ1) is 15.6. The summed E-state index contributed by atoms with van der Waals surface area (Å²) >= 11 is 0. The average Bonchev–Trinajstić information content (AvgIpc) is 2.45. The monoisotopic (exact) mass is 299 g/mol. The fourth-order valence-corrected chi connectivity index (χ4v) is 2.17. The van der Waals surface area contributed by atoms with Crippen molar-refractivity contribution >= 4 is 17.4 Å². The van der Waals surface area contributed by atoms with Gasteiger partial charge in [0, 0.05) is 31.4 Å². The van der Waals surface area contributed by atoms with E-state index in [4.69, 9.17) is 0 Å². The zero-order chi connectivity index (χ0) is 16.4. The number of benzene rings is 2. The number of aromatic carboxylic acids is 1. The normalized spacial score (nSPS) is 10.3. The smallest absolute Gasteiger partial charge is 0.336 e. The Labute approximate surface area is 128 Å². The molecular weight excluding hydrogens is 282 g/mol. The number of phenols is 1. The molecule has 0 aromatic heterocycles. The van der Waals surface area contributed by atoms with Gasteiger partial charge in [0.15, 0.2) is 5.78 Å². The van der Waals surface area contributed by atoms with Crippen LogP contribution in [0.2, 0.25) is 0 Å². The standard InChI is InChI=1S/C17H17NO4/c1-10-4-6-12(17(21)22)14(8-10)16(20)13-7-5-11(18(2)3)9-15(13)19/h4-9,19H,1-3H3,(H,21,22). The third-order valence-electron chi connectivity index (χ3n) is 3.39. The van der Waals surface area contributed by atoms with Crippen LogP contribution in [0.15, 0.2) is 36.4 Å². The molecule has 2 aromatic rings. The third-order valence-corrected chi connectivity index (χ3v) is 3.39. The number of ketones is 1. The zero-order valence-corrected chi connectivity index (χ0v) is 12.6. The molecule has 0 aliphatic rings. The predicted octanol–water partition coefficient (Wildman–Crippen LogP) is 2.70. The van der Waals surface area contributed by atoms with Gasteiger partial charge >= 0.3 is 5.97 Å². The van der Waals surface area contributed by atoms with Gasteiger partial charge in [-0.1, -0.05) is 11.6 Å². The second-order valence-corrected chi connectivity index (χ2v) is 5.28. The second kappa shape index (κ2) is 5.89. The van der Waals surface area contributed by atoms with Crippen molar-refractivity contribution in [3.63, 3.8) is 0 Å². The fourth-order valence-electron chi connectivity index (χ4n) is 2.17. The molecule has 114 valence electrons. The highest BCUT2D eigenvalue weighted by atomic mass is 16.4. The fraction of sp³-hybridized carbons (Fsp3) is 0.176. The number of carboxylic acids is 1.